The van der Waals surface area contributed by atoms with Crippen LogP contribution in [-0.4, -0.2) is 24.2 Å². The van der Waals surface area contributed by atoms with Crippen molar-refractivity contribution < 1.29 is 19.4 Å². The number of halogens is 1. The van der Waals surface area contributed by atoms with Gasteiger partial charge in [0.1, 0.15) is 0 Å². The van der Waals surface area contributed by atoms with Crippen molar-refractivity contribution in [2.75, 3.05) is 7.11 Å². The SMILES string of the molecule is COC(=O)c1cc(I)ccc1Sc1ccc(CC(=O)O)cc1. The monoisotopic (exact) mass is 428 g/mol. The molecule has 0 heterocycles. The Balaban J connectivity index is 2.23. The average Bonchev–Trinajstić information content (AvgIpc) is 2.49. The maximum absolute atomic E-state index is 11.8. The van der Waals surface area contributed by atoms with Crippen molar-refractivity contribution in [2.24, 2.45) is 0 Å². The van der Waals surface area contributed by atoms with Crippen LogP contribution in [0.5, 0.6) is 0 Å². The zero-order chi connectivity index (χ0) is 16.1. The molecule has 0 bridgehead atoms. The first-order valence-electron chi connectivity index (χ1n) is 6.36. The lowest BCUT2D eigenvalue weighted by Gasteiger charge is -2.08. The molecule has 22 heavy (non-hydrogen) atoms. The van der Waals surface area contributed by atoms with Gasteiger partial charge >= 0.3 is 11.9 Å². The van der Waals surface area contributed by atoms with E-state index in [1.54, 1.807) is 18.2 Å². The standard InChI is InChI=1S/C16H13IO4S/c1-21-16(20)13-9-11(17)4-7-14(13)22-12-5-2-10(3-6-12)8-15(18)19/h2-7,9H,8H2,1H3,(H,18,19). The predicted molar refractivity (Wildman–Crippen MR) is 92.4 cm³/mol. The molecule has 4 nitrogen and oxygen atoms in total. The lowest BCUT2D eigenvalue weighted by molar-refractivity contribution is -0.136. The summed E-state index contributed by atoms with van der Waals surface area (Å²) in [6, 6.07) is 12.8. The van der Waals surface area contributed by atoms with E-state index in [4.69, 9.17) is 9.84 Å². The van der Waals surface area contributed by atoms with E-state index in [1.165, 1.54) is 18.9 Å². The second-order valence-electron chi connectivity index (χ2n) is 4.45. The molecule has 0 aliphatic carbocycles. The summed E-state index contributed by atoms with van der Waals surface area (Å²) >= 11 is 3.59. The van der Waals surface area contributed by atoms with Crippen molar-refractivity contribution in [3.8, 4) is 0 Å². The van der Waals surface area contributed by atoms with Gasteiger partial charge in [0.05, 0.1) is 19.1 Å². The third-order valence-electron chi connectivity index (χ3n) is 2.85. The van der Waals surface area contributed by atoms with Gasteiger partial charge in [-0.25, -0.2) is 4.79 Å². The first-order valence-corrected chi connectivity index (χ1v) is 8.25. The fourth-order valence-electron chi connectivity index (χ4n) is 1.84. The van der Waals surface area contributed by atoms with Gasteiger partial charge in [0.15, 0.2) is 0 Å². The predicted octanol–water partition coefficient (Wildman–Crippen LogP) is 3.86. The van der Waals surface area contributed by atoms with E-state index in [9.17, 15) is 9.59 Å². The number of benzene rings is 2. The fourth-order valence-corrected chi connectivity index (χ4v) is 3.24. The minimum absolute atomic E-state index is 0.00187. The van der Waals surface area contributed by atoms with Crippen LogP contribution in [0.25, 0.3) is 0 Å². The maximum atomic E-state index is 11.8. The van der Waals surface area contributed by atoms with Gasteiger partial charge in [-0.1, -0.05) is 23.9 Å². The smallest absolute Gasteiger partial charge is 0.339 e. The van der Waals surface area contributed by atoms with Crippen LogP contribution in [0.15, 0.2) is 52.3 Å². The van der Waals surface area contributed by atoms with Gasteiger partial charge in [-0.3, -0.25) is 4.79 Å². The van der Waals surface area contributed by atoms with E-state index < -0.39 is 5.97 Å². The summed E-state index contributed by atoms with van der Waals surface area (Å²) in [6.45, 7) is 0. The molecular formula is C16H13IO4S. The number of aliphatic carboxylic acids is 1. The highest BCUT2D eigenvalue weighted by molar-refractivity contribution is 14.1. The molecule has 0 spiro atoms. The van der Waals surface area contributed by atoms with Gasteiger partial charge in [0, 0.05) is 13.4 Å². The van der Waals surface area contributed by atoms with Crippen LogP contribution in [0.2, 0.25) is 0 Å². The van der Waals surface area contributed by atoms with Crippen molar-refractivity contribution in [2.45, 2.75) is 16.2 Å². The molecule has 2 aromatic carbocycles. The number of carboxylic acids is 1. The zero-order valence-electron chi connectivity index (χ0n) is 11.7. The Morgan fingerprint density at radius 3 is 2.45 bits per heavy atom. The lowest BCUT2D eigenvalue weighted by Crippen LogP contribution is -2.03. The topological polar surface area (TPSA) is 63.6 Å². The molecule has 6 heteroatoms. The minimum Gasteiger partial charge on any atom is -0.481 e. The summed E-state index contributed by atoms with van der Waals surface area (Å²) in [6.07, 6.45) is 0.00187. The Morgan fingerprint density at radius 1 is 1.18 bits per heavy atom. The molecule has 0 aromatic heterocycles. The van der Waals surface area contributed by atoms with E-state index in [2.05, 4.69) is 22.6 Å². The van der Waals surface area contributed by atoms with Crippen molar-refractivity contribution >= 4 is 46.3 Å². The van der Waals surface area contributed by atoms with Gasteiger partial charge in [-0.2, -0.15) is 0 Å². The second-order valence-corrected chi connectivity index (χ2v) is 6.81. The summed E-state index contributed by atoms with van der Waals surface area (Å²) in [5, 5.41) is 8.76. The van der Waals surface area contributed by atoms with Crippen LogP contribution >= 0.6 is 34.4 Å². The van der Waals surface area contributed by atoms with Crippen LogP contribution in [-0.2, 0) is 16.0 Å². The minimum atomic E-state index is -0.856. The Labute approximate surface area is 146 Å². The average molecular weight is 428 g/mol. The lowest BCUT2D eigenvalue weighted by atomic mass is 10.2. The number of carboxylic acid groups (broad SMARTS) is 1. The number of hydrogen-bond acceptors (Lipinski definition) is 4. The van der Waals surface area contributed by atoms with E-state index in [0.29, 0.717) is 5.56 Å². The van der Waals surface area contributed by atoms with Crippen LogP contribution in [0, 0.1) is 3.57 Å². The first kappa shape index (κ1) is 16.8. The highest BCUT2D eigenvalue weighted by atomic mass is 127. The molecule has 0 saturated heterocycles. The number of carbonyl (C=O) groups is 2. The number of rotatable bonds is 5. The summed E-state index contributed by atoms with van der Waals surface area (Å²) < 4.78 is 5.77. The summed E-state index contributed by atoms with van der Waals surface area (Å²) in [4.78, 5) is 24.3. The second kappa shape index (κ2) is 7.64. The Morgan fingerprint density at radius 2 is 1.86 bits per heavy atom. The molecule has 0 atom stereocenters. The molecule has 0 aliphatic heterocycles. The highest BCUT2D eigenvalue weighted by Crippen LogP contribution is 2.32. The van der Waals surface area contributed by atoms with Crippen LogP contribution in [0.4, 0.5) is 0 Å². The Hall–Kier alpha value is -1.54. The summed E-state index contributed by atoms with van der Waals surface area (Å²) in [5.41, 5.74) is 1.27. The Bertz CT molecular complexity index is 698. The molecule has 0 amide bonds. The van der Waals surface area contributed by atoms with E-state index in [-0.39, 0.29) is 12.4 Å². The molecule has 0 aliphatic rings. The molecule has 0 saturated carbocycles. The molecule has 114 valence electrons. The quantitative estimate of drug-likeness (QED) is 0.579. The normalized spacial score (nSPS) is 10.3. The number of ether oxygens (including phenoxy) is 1. The zero-order valence-corrected chi connectivity index (χ0v) is 14.7. The first-order chi connectivity index (χ1) is 10.5. The third-order valence-corrected chi connectivity index (χ3v) is 4.61. The maximum Gasteiger partial charge on any atom is 0.339 e. The van der Waals surface area contributed by atoms with Gasteiger partial charge in [0.25, 0.3) is 0 Å². The summed E-state index contributed by atoms with van der Waals surface area (Å²) in [7, 11) is 1.36. The summed E-state index contributed by atoms with van der Waals surface area (Å²) in [5.74, 6) is -1.23. The molecule has 1 N–H and O–H groups in total. The van der Waals surface area contributed by atoms with Gasteiger partial charge < -0.3 is 9.84 Å². The van der Waals surface area contributed by atoms with Crippen molar-refractivity contribution in [1.82, 2.24) is 0 Å². The van der Waals surface area contributed by atoms with Gasteiger partial charge in [0.2, 0.25) is 0 Å². The fraction of sp³-hybridized carbons (Fsp3) is 0.125. The van der Waals surface area contributed by atoms with Gasteiger partial charge in [-0.05, 0) is 58.5 Å². The van der Waals surface area contributed by atoms with Gasteiger partial charge in [-0.15, -0.1) is 0 Å². The van der Waals surface area contributed by atoms with Crippen molar-refractivity contribution in [3.05, 3.63) is 57.2 Å². The van der Waals surface area contributed by atoms with E-state index in [0.717, 1.165) is 18.9 Å². The van der Waals surface area contributed by atoms with E-state index >= 15 is 0 Å². The number of hydrogen-bond donors (Lipinski definition) is 1. The molecule has 2 aromatic rings. The third kappa shape index (κ3) is 4.48. The van der Waals surface area contributed by atoms with Crippen molar-refractivity contribution in [3.63, 3.8) is 0 Å². The molecular weight excluding hydrogens is 415 g/mol. The number of carbonyl (C=O) groups excluding carboxylic acids is 1. The van der Waals surface area contributed by atoms with Crippen molar-refractivity contribution in [1.29, 1.82) is 0 Å². The largest absolute Gasteiger partial charge is 0.481 e. The van der Waals surface area contributed by atoms with Crippen LogP contribution < -0.4 is 0 Å². The number of esters is 1. The molecule has 0 fully saturated rings. The number of methoxy groups -OCH3 is 1. The molecule has 2 rings (SSSR count). The molecule has 0 radical (unpaired) electrons. The van der Waals surface area contributed by atoms with E-state index in [1.807, 2.05) is 24.3 Å². The Kier molecular flexibility index (Phi) is 5.84. The molecule has 0 unspecified atom stereocenters. The van der Waals surface area contributed by atoms with Crippen LogP contribution in [0.3, 0.4) is 0 Å². The highest BCUT2D eigenvalue weighted by Gasteiger charge is 2.13. The van der Waals surface area contributed by atoms with Crippen LogP contribution in [0.1, 0.15) is 15.9 Å².